The number of rotatable bonds is 10. The second kappa shape index (κ2) is 10.6. The monoisotopic (exact) mass is 503 g/mol. The Kier molecular flexibility index (Phi) is 8.05. The van der Waals surface area contributed by atoms with Crippen LogP contribution in [-0.2, 0) is 11.2 Å². The molecule has 2 aromatic carbocycles. The number of ether oxygens (including phenoxy) is 1. The summed E-state index contributed by atoms with van der Waals surface area (Å²) in [7, 11) is 0. The van der Waals surface area contributed by atoms with Crippen LogP contribution in [0.1, 0.15) is 46.1 Å². The number of carbonyl (C=O) groups excluding carboxylic acids is 1. The fourth-order valence-electron chi connectivity index (χ4n) is 3.29. The number of H-pyrrole nitrogens is 1. The zero-order valence-corrected chi connectivity index (χ0v) is 20.9. The van der Waals surface area contributed by atoms with E-state index >= 15 is 0 Å². The molecule has 35 heavy (non-hydrogen) atoms. The lowest BCUT2D eigenvalue weighted by Gasteiger charge is -2.29. The minimum Gasteiger partial charge on any atom is -0.494 e. The van der Waals surface area contributed by atoms with Gasteiger partial charge in [0.2, 0.25) is 0 Å². The lowest BCUT2D eigenvalue weighted by Crippen LogP contribution is -2.40. The van der Waals surface area contributed by atoms with Gasteiger partial charge in [0, 0.05) is 24.5 Å². The summed E-state index contributed by atoms with van der Waals surface area (Å²) >= 11 is 6.38. The SMILES string of the molecule is CCCOc1ccc(-c2nc(-c3cc(CCC(=O)C(C)(C)C(C)(F)F)ccc3Cl)[nH]c(=O)n2)cc1. The summed E-state index contributed by atoms with van der Waals surface area (Å²) in [5.41, 5.74) is -0.597. The van der Waals surface area contributed by atoms with Crippen molar-refractivity contribution in [3.63, 3.8) is 0 Å². The first-order valence-corrected chi connectivity index (χ1v) is 11.7. The highest BCUT2D eigenvalue weighted by Crippen LogP contribution is 2.38. The van der Waals surface area contributed by atoms with E-state index in [0.29, 0.717) is 34.1 Å². The molecule has 0 saturated heterocycles. The van der Waals surface area contributed by atoms with Gasteiger partial charge in [0.25, 0.3) is 5.92 Å². The van der Waals surface area contributed by atoms with Gasteiger partial charge in [-0.2, -0.15) is 4.98 Å². The molecule has 186 valence electrons. The number of nitrogens with one attached hydrogen (secondary N) is 1. The van der Waals surface area contributed by atoms with Crippen LogP contribution in [0.3, 0.4) is 0 Å². The number of carbonyl (C=O) groups is 1. The summed E-state index contributed by atoms with van der Waals surface area (Å²) in [6, 6.07) is 12.1. The van der Waals surface area contributed by atoms with Gasteiger partial charge in [-0.3, -0.25) is 9.78 Å². The summed E-state index contributed by atoms with van der Waals surface area (Å²) in [6.45, 7) is 5.86. The van der Waals surface area contributed by atoms with Crippen LogP contribution < -0.4 is 10.4 Å². The molecular weight excluding hydrogens is 476 g/mol. The predicted octanol–water partition coefficient (Wildman–Crippen LogP) is 6.12. The quantitative estimate of drug-likeness (QED) is 0.360. The Balaban J connectivity index is 1.86. The molecule has 3 rings (SSSR count). The van der Waals surface area contributed by atoms with Crippen molar-refractivity contribution < 1.29 is 18.3 Å². The largest absolute Gasteiger partial charge is 0.494 e. The fraction of sp³-hybridized carbons (Fsp3) is 0.385. The van der Waals surface area contributed by atoms with Crippen LogP contribution in [-0.4, -0.2) is 33.3 Å². The zero-order valence-electron chi connectivity index (χ0n) is 20.1. The van der Waals surface area contributed by atoms with Crippen molar-refractivity contribution in [2.24, 2.45) is 5.41 Å². The minimum atomic E-state index is -3.13. The number of halogens is 3. The maximum absolute atomic E-state index is 13.8. The number of aromatic nitrogens is 3. The van der Waals surface area contributed by atoms with Gasteiger partial charge in [0.1, 0.15) is 17.4 Å². The second-order valence-electron chi connectivity index (χ2n) is 8.95. The molecule has 1 N–H and O–H groups in total. The molecule has 0 aliphatic heterocycles. The third kappa shape index (κ3) is 6.31. The summed E-state index contributed by atoms with van der Waals surface area (Å²) < 4.78 is 33.2. The van der Waals surface area contributed by atoms with Gasteiger partial charge in [-0.05, 0) is 68.7 Å². The highest BCUT2D eigenvalue weighted by molar-refractivity contribution is 6.33. The van der Waals surface area contributed by atoms with Gasteiger partial charge in [-0.25, -0.2) is 18.6 Å². The number of hydrogen-bond acceptors (Lipinski definition) is 5. The van der Waals surface area contributed by atoms with E-state index in [0.717, 1.165) is 13.3 Å². The Morgan fingerprint density at radius 1 is 1.09 bits per heavy atom. The maximum Gasteiger partial charge on any atom is 0.348 e. The van der Waals surface area contributed by atoms with Crippen LogP contribution in [0.4, 0.5) is 8.78 Å². The molecule has 1 heterocycles. The first kappa shape index (κ1) is 26.5. The number of Topliss-reactive ketones (excluding diaryl/α,β-unsaturated/α-hetero) is 1. The molecule has 0 unspecified atom stereocenters. The van der Waals surface area contributed by atoms with E-state index in [-0.39, 0.29) is 24.5 Å². The summed E-state index contributed by atoms with van der Waals surface area (Å²) in [6.07, 6.45) is 1.07. The first-order valence-electron chi connectivity index (χ1n) is 11.3. The molecule has 9 heteroatoms. The highest BCUT2D eigenvalue weighted by atomic mass is 35.5. The van der Waals surface area contributed by atoms with Crippen molar-refractivity contribution in [2.75, 3.05) is 6.61 Å². The van der Waals surface area contributed by atoms with Crippen LogP contribution >= 0.6 is 11.6 Å². The Hall–Kier alpha value is -3.13. The van der Waals surface area contributed by atoms with Crippen molar-refractivity contribution >= 4 is 17.4 Å². The van der Waals surface area contributed by atoms with Crippen LogP contribution in [0.15, 0.2) is 47.3 Å². The van der Waals surface area contributed by atoms with E-state index in [9.17, 15) is 18.4 Å². The van der Waals surface area contributed by atoms with E-state index < -0.39 is 22.8 Å². The zero-order chi connectivity index (χ0) is 25.8. The Morgan fingerprint density at radius 3 is 2.40 bits per heavy atom. The van der Waals surface area contributed by atoms with Gasteiger partial charge in [0.05, 0.1) is 17.0 Å². The second-order valence-corrected chi connectivity index (χ2v) is 9.36. The Labute approximate surface area is 207 Å². The number of aromatic amines is 1. The first-order chi connectivity index (χ1) is 16.4. The standard InChI is InChI=1S/C26H28ClF2N3O3/c1-5-14-35-18-10-8-17(9-11-18)22-30-23(32-24(34)31-22)19-15-16(6-12-20(19)27)7-13-21(33)25(2,3)26(4,28)29/h6,8-12,15H,5,7,13-14H2,1-4H3,(H,30,31,32,34). The third-order valence-electron chi connectivity index (χ3n) is 5.96. The molecule has 0 atom stereocenters. The van der Waals surface area contributed by atoms with Crippen LogP contribution in [0.25, 0.3) is 22.8 Å². The Bertz CT molecular complexity index is 1250. The number of aryl methyl sites for hydroxylation is 1. The molecular formula is C26H28ClF2N3O3. The topological polar surface area (TPSA) is 84.9 Å². The summed E-state index contributed by atoms with van der Waals surface area (Å²) in [5.74, 6) is -2.54. The van der Waals surface area contributed by atoms with Crippen LogP contribution in [0.2, 0.25) is 5.02 Å². The third-order valence-corrected chi connectivity index (χ3v) is 6.29. The molecule has 0 bridgehead atoms. The van der Waals surface area contributed by atoms with Crippen LogP contribution in [0, 0.1) is 5.41 Å². The molecule has 0 radical (unpaired) electrons. The Morgan fingerprint density at radius 2 is 1.77 bits per heavy atom. The van der Waals surface area contributed by atoms with Gasteiger partial charge < -0.3 is 4.74 Å². The summed E-state index contributed by atoms with van der Waals surface area (Å²) in [5, 5.41) is 0.337. The molecule has 0 amide bonds. The van der Waals surface area contributed by atoms with E-state index in [1.807, 2.05) is 6.92 Å². The average Bonchev–Trinajstić information content (AvgIpc) is 2.81. The molecule has 0 aliphatic rings. The van der Waals surface area contributed by atoms with E-state index in [1.165, 1.54) is 13.8 Å². The van der Waals surface area contributed by atoms with E-state index in [4.69, 9.17) is 16.3 Å². The predicted molar refractivity (Wildman–Crippen MR) is 132 cm³/mol. The summed E-state index contributed by atoms with van der Waals surface area (Å²) in [4.78, 5) is 35.8. The van der Waals surface area contributed by atoms with Gasteiger partial charge in [-0.15, -0.1) is 0 Å². The maximum atomic E-state index is 13.8. The molecule has 1 aromatic heterocycles. The number of benzene rings is 2. The molecule has 6 nitrogen and oxygen atoms in total. The normalized spacial score (nSPS) is 12.0. The van der Waals surface area contributed by atoms with Gasteiger partial charge in [0.15, 0.2) is 5.82 Å². The smallest absolute Gasteiger partial charge is 0.348 e. The lowest BCUT2D eigenvalue weighted by molar-refractivity contribution is -0.149. The number of alkyl halides is 2. The van der Waals surface area contributed by atoms with Crippen molar-refractivity contribution in [3.05, 3.63) is 63.5 Å². The fourth-order valence-corrected chi connectivity index (χ4v) is 3.49. The van der Waals surface area contributed by atoms with Crippen molar-refractivity contribution in [1.29, 1.82) is 0 Å². The van der Waals surface area contributed by atoms with Crippen molar-refractivity contribution in [3.8, 4) is 28.5 Å². The highest BCUT2D eigenvalue weighted by Gasteiger charge is 2.47. The molecule has 0 fully saturated rings. The minimum absolute atomic E-state index is 0.0600. The number of hydrogen-bond donors (Lipinski definition) is 1. The average molecular weight is 504 g/mol. The number of ketones is 1. The molecule has 0 spiro atoms. The van der Waals surface area contributed by atoms with E-state index in [1.54, 1.807) is 42.5 Å². The van der Waals surface area contributed by atoms with Crippen molar-refractivity contribution in [1.82, 2.24) is 15.0 Å². The lowest BCUT2D eigenvalue weighted by atomic mass is 9.80. The van der Waals surface area contributed by atoms with Gasteiger partial charge in [-0.1, -0.05) is 24.6 Å². The van der Waals surface area contributed by atoms with Crippen LogP contribution in [0.5, 0.6) is 5.75 Å². The molecule has 0 saturated carbocycles. The number of nitrogens with zero attached hydrogens (tertiary/aromatic N) is 2. The van der Waals surface area contributed by atoms with Gasteiger partial charge >= 0.3 is 5.69 Å². The molecule has 3 aromatic rings. The molecule has 0 aliphatic carbocycles. The van der Waals surface area contributed by atoms with E-state index in [2.05, 4.69) is 15.0 Å². The van der Waals surface area contributed by atoms with Crippen molar-refractivity contribution in [2.45, 2.75) is 52.9 Å².